The molecule has 0 bridgehead atoms. The fraction of sp³-hybridized carbons (Fsp3) is 0.136. The number of aryl methyl sites for hydroxylation is 1. The molecule has 0 amide bonds. The highest BCUT2D eigenvalue weighted by Crippen LogP contribution is 2.36. The van der Waals surface area contributed by atoms with Crippen LogP contribution in [0.3, 0.4) is 0 Å². The molecule has 0 atom stereocenters. The minimum Gasteiger partial charge on any atom is -0.465 e. The number of carbonyl (C=O) groups excluding carboxylic acids is 1. The Hall–Kier alpha value is -3.95. The first kappa shape index (κ1) is 22.7. The van der Waals surface area contributed by atoms with Crippen LogP contribution in [0.1, 0.15) is 21.7 Å². The highest BCUT2D eigenvalue weighted by Gasteiger charge is 2.42. The van der Waals surface area contributed by atoms with Crippen molar-refractivity contribution in [2.75, 3.05) is 7.11 Å². The van der Waals surface area contributed by atoms with Crippen molar-refractivity contribution in [2.45, 2.75) is 13.1 Å². The summed E-state index contributed by atoms with van der Waals surface area (Å²) in [6, 6.07) is 11.0. The smallest absolute Gasteiger partial charge is 0.434 e. The Morgan fingerprint density at radius 2 is 1.88 bits per heavy atom. The SMILES string of the molecule is COC(=O)c1c(-c2ccc(C)cc2)noc1C(=CN)C(=Nc1cccc(F)c1)C(F)(F)F. The van der Waals surface area contributed by atoms with Gasteiger partial charge >= 0.3 is 12.1 Å². The maximum atomic E-state index is 13.9. The van der Waals surface area contributed by atoms with E-state index in [1.807, 2.05) is 6.92 Å². The third kappa shape index (κ3) is 4.69. The maximum Gasteiger partial charge on any atom is 0.434 e. The topological polar surface area (TPSA) is 90.7 Å². The van der Waals surface area contributed by atoms with E-state index >= 15 is 0 Å². The Labute approximate surface area is 180 Å². The van der Waals surface area contributed by atoms with E-state index in [0.29, 0.717) is 11.8 Å². The van der Waals surface area contributed by atoms with Crippen LogP contribution in [0.25, 0.3) is 16.8 Å². The van der Waals surface area contributed by atoms with Crippen LogP contribution in [-0.2, 0) is 4.74 Å². The molecule has 166 valence electrons. The summed E-state index contributed by atoms with van der Waals surface area (Å²) in [5.74, 6) is -2.34. The average molecular weight is 447 g/mol. The number of nitrogens with two attached hydrogens (primary N) is 1. The van der Waals surface area contributed by atoms with Gasteiger partial charge in [-0.15, -0.1) is 0 Å². The number of ether oxygens (including phenoxy) is 1. The van der Waals surface area contributed by atoms with Crippen LogP contribution < -0.4 is 5.73 Å². The number of hydrogen-bond donors (Lipinski definition) is 1. The summed E-state index contributed by atoms with van der Waals surface area (Å²) in [4.78, 5) is 16.0. The van der Waals surface area contributed by atoms with E-state index in [4.69, 9.17) is 15.0 Å². The van der Waals surface area contributed by atoms with Gasteiger partial charge in [0, 0.05) is 11.8 Å². The molecule has 0 radical (unpaired) electrons. The number of alkyl halides is 3. The first-order valence-corrected chi connectivity index (χ1v) is 9.14. The normalized spacial score (nSPS) is 12.7. The number of aliphatic imine (C=N–C) groups is 1. The molecule has 0 saturated heterocycles. The van der Waals surface area contributed by atoms with Crippen LogP contribution in [0.2, 0.25) is 0 Å². The van der Waals surface area contributed by atoms with Crippen LogP contribution in [0.4, 0.5) is 23.2 Å². The van der Waals surface area contributed by atoms with Crippen LogP contribution >= 0.6 is 0 Å². The zero-order valence-electron chi connectivity index (χ0n) is 16.9. The monoisotopic (exact) mass is 447 g/mol. The molecule has 0 aliphatic carbocycles. The van der Waals surface area contributed by atoms with Gasteiger partial charge in [0.2, 0.25) is 0 Å². The molecule has 3 rings (SSSR count). The summed E-state index contributed by atoms with van der Waals surface area (Å²) >= 11 is 0. The molecule has 1 aromatic heterocycles. The molecule has 0 fully saturated rings. The second-order valence-corrected chi connectivity index (χ2v) is 6.61. The van der Waals surface area contributed by atoms with Gasteiger partial charge in [0.1, 0.15) is 17.1 Å². The number of halogens is 4. The molecule has 0 saturated carbocycles. The van der Waals surface area contributed by atoms with Crippen molar-refractivity contribution in [3.05, 3.63) is 77.4 Å². The van der Waals surface area contributed by atoms with Gasteiger partial charge in [-0.1, -0.05) is 41.1 Å². The molecule has 6 nitrogen and oxygen atoms in total. The summed E-state index contributed by atoms with van der Waals surface area (Å²) in [7, 11) is 1.06. The standard InChI is InChI=1S/C22H17F4N3O3/c1-12-6-8-13(9-7-12)18-17(21(30)31-2)19(32-29-18)16(11-27)20(22(24,25)26)28-15-5-3-4-14(23)10-15/h3-11H,27H2,1-2H3. The number of hydrogen-bond acceptors (Lipinski definition) is 6. The van der Waals surface area contributed by atoms with Crippen molar-refractivity contribution < 1.29 is 31.6 Å². The van der Waals surface area contributed by atoms with Crippen molar-refractivity contribution in [1.29, 1.82) is 0 Å². The summed E-state index contributed by atoms with van der Waals surface area (Å²) < 4.78 is 65.1. The largest absolute Gasteiger partial charge is 0.465 e. The van der Waals surface area contributed by atoms with E-state index in [1.165, 1.54) is 12.1 Å². The zero-order valence-corrected chi connectivity index (χ0v) is 16.9. The number of methoxy groups -OCH3 is 1. The lowest BCUT2D eigenvalue weighted by Gasteiger charge is -2.13. The number of rotatable bonds is 5. The van der Waals surface area contributed by atoms with Gasteiger partial charge < -0.3 is 15.0 Å². The lowest BCUT2D eigenvalue weighted by molar-refractivity contribution is -0.0572. The minimum atomic E-state index is -5.03. The fourth-order valence-corrected chi connectivity index (χ4v) is 2.89. The molecule has 32 heavy (non-hydrogen) atoms. The molecular formula is C22H17F4N3O3. The first-order chi connectivity index (χ1) is 15.2. The van der Waals surface area contributed by atoms with Gasteiger partial charge in [-0.2, -0.15) is 13.2 Å². The molecule has 2 N–H and O–H groups in total. The van der Waals surface area contributed by atoms with E-state index in [-0.39, 0.29) is 16.9 Å². The number of nitrogens with zero attached hydrogens (tertiary/aromatic N) is 2. The van der Waals surface area contributed by atoms with E-state index in [2.05, 4.69) is 10.1 Å². The highest BCUT2D eigenvalue weighted by atomic mass is 19.4. The quantitative estimate of drug-likeness (QED) is 0.329. The van der Waals surface area contributed by atoms with Gasteiger partial charge in [-0.25, -0.2) is 14.2 Å². The number of allylic oxidation sites excluding steroid dienone is 1. The number of esters is 1. The van der Waals surface area contributed by atoms with E-state index < -0.39 is 35.0 Å². The minimum absolute atomic E-state index is 0.0292. The molecular weight excluding hydrogens is 430 g/mol. The van der Waals surface area contributed by atoms with Gasteiger partial charge in [0.25, 0.3) is 0 Å². The third-order valence-electron chi connectivity index (χ3n) is 4.39. The summed E-state index contributed by atoms with van der Waals surface area (Å²) in [5.41, 5.74) is 3.89. The van der Waals surface area contributed by atoms with Crippen LogP contribution in [-0.4, -0.2) is 30.1 Å². The second-order valence-electron chi connectivity index (χ2n) is 6.61. The van der Waals surface area contributed by atoms with Crippen molar-refractivity contribution in [2.24, 2.45) is 10.7 Å². The lowest BCUT2D eigenvalue weighted by Crippen LogP contribution is -2.25. The number of benzene rings is 2. The van der Waals surface area contributed by atoms with Crippen molar-refractivity contribution >= 4 is 22.9 Å². The van der Waals surface area contributed by atoms with Crippen molar-refractivity contribution in [3.63, 3.8) is 0 Å². The Kier molecular flexibility index (Phi) is 6.42. The highest BCUT2D eigenvalue weighted by molar-refractivity contribution is 6.28. The van der Waals surface area contributed by atoms with Gasteiger partial charge in [0.15, 0.2) is 11.5 Å². The summed E-state index contributed by atoms with van der Waals surface area (Å²) in [6.45, 7) is 1.84. The molecule has 10 heteroatoms. The molecule has 2 aromatic carbocycles. The Morgan fingerprint density at radius 3 is 2.44 bits per heavy atom. The molecule has 0 aliphatic rings. The summed E-state index contributed by atoms with van der Waals surface area (Å²) in [5, 5.41) is 3.78. The third-order valence-corrected chi connectivity index (χ3v) is 4.39. The van der Waals surface area contributed by atoms with Crippen molar-refractivity contribution in [3.8, 4) is 11.3 Å². The maximum absolute atomic E-state index is 13.9. The zero-order chi connectivity index (χ0) is 23.5. The van der Waals surface area contributed by atoms with E-state index in [9.17, 15) is 22.4 Å². The van der Waals surface area contributed by atoms with Gasteiger partial charge in [-0.05, 0) is 25.1 Å². The summed E-state index contributed by atoms with van der Waals surface area (Å²) in [6.07, 6.45) is -4.43. The van der Waals surface area contributed by atoms with Crippen LogP contribution in [0.5, 0.6) is 0 Å². The van der Waals surface area contributed by atoms with Crippen molar-refractivity contribution in [1.82, 2.24) is 5.16 Å². The fourth-order valence-electron chi connectivity index (χ4n) is 2.89. The van der Waals surface area contributed by atoms with Gasteiger partial charge in [-0.3, -0.25) is 0 Å². The molecule has 0 aliphatic heterocycles. The predicted molar refractivity (Wildman–Crippen MR) is 110 cm³/mol. The van der Waals surface area contributed by atoms with Crippen LogP contribution in [0.15, 0.2) is 64.2 Å². The molecule has 0 spiro atoms. The predicted octanol–water partition coefficient (Wildman–Crippen LogP) is 5.21. The van der Waals surface area contributed by atoms with Crippen LogP contribution in [0, 0.1) is 12.7 Å². The number of aromatic nitrogens is 1. The van der Waals surface area contributed by atoms with Gasteiger partial charge in [0.05, 0.1) is 18.4 Å². The Balaban J connectivity index is 2.23. The Morgan fingerprint density at radius 1 is 1.19 bits per heavy atom. The lowest BCUT2D eigenvalue weighted by atomic mass is 9.99. The molecule has 0 unspecified atom stereocenters. The molecule has 3 aromatic rings. The average Bonchev–Trinajstić information content (AvgIpc) is 3.18. The Bertz CT molecular complexity index is 1200. The second kappa shape index (κ2) is 9.04. The first-order valence-electron chi connectivity index (χ1n) is 9.14. The number of carbonyl (C=O) groups is 1. The molecule has 1 heterocycles. The van der Waals surface area contributed by atoms with E-state index in [0.717, 1.165) is 24.8 Å². The van der Waals surface area contributed by atoms with E-state index in [1.54, 1.807) is 24.3 Å².